The Bertz CT molecular complexity index is 485. The van der Waals surface area contributed by atoms with Crippen LogP contribution in [0.15, 0.2) is 18.2 Å². The second kappa shape index (κ2) is 6.27. The van der Waals surface area contributed by atoms with Crippen molar-refractivity contribution in [3.05, 3.63) is 29.3 Å². The second-order valence-corrected chi connectivity index (χ2v) is 5.80. The Balaban J connectivity index is 2.10. The molecule has 0 spiro atoms. The van der Waals surface area contributed by atoms with Crippen LogP contribution in [-0.2, 0) is 4.74 Å². The third-order valence-corrected chi connectivity index (χ3v) is 3.98. The molecule has 0 aromatic heterocycles. The molecule has 4 heteroatoms. The van der Waals surface area contributed by atoms with Crippen molar-refractivity contribution in [3.8, 4) is 0 Å². The van der Waals surface area contributed by atoms with Crippen LogP contribution in [0.1, 0.15) is 42.6 Å². The summed E-state index contributed by atoms with van der Waals surface area (Å²) in [5, 5.41) is 12.6. The van der Waals surface area contributed by atoms with E-state index in [-0.39, 0.29) is 6.10 Å². The molecular formula is C16H23NO3. The predicted octanol–water partition coefficient (Wildman–Crippen LogP) is 3.31. The Morgan fingerprint density at radius 3 is 2.85 bits per heavy atom. The minimum absolute atomic E-state index is 0.282. The molecule has 2 atom stereocenters. The molecule has 1 aliphatic rings. The average molecular weight is 277 g/mol. The molecule has 0 radical (unpaired) electrons. The van der Waals surface area contributed by atoms with Crippen molar-refractivity contribution in [2.24, 2.45) is 5.92 Å². The van der Waals surface area contributed by atoms with Gasteiger partial charge in [0.1, 0.15) is 0 Å². The molecule has 1 fully saturated rings. The second-order valence-electron chi connectivity index (χ2n) is 5.80. The predicted molar refractivity (Wildman–Crippen MR) is 79.4 cm³/mol. The molecule has 0 saturated carbocycles. The third-order valence-electron chi connectivity index (χ3n) is 3.98. The fourth-order valence-electron chi connectivity index (χ4n) is 2.67. The lowest BCUT2D eigenvalue weighted by atomic mass is 9.95. The summed E-state index contributed by atoms with van der Waals surface area (Å²) < 4.78 is 5.77. The zero-order valence-electron chi connectivity index (χ0n) is 12.3. The molecule has 0 aliphatic carbocycles. The lowest BCUT2D eigenvalue weighted by molar-refractivity contribution is -0.0160. The summed E-state index contributed by atoms with van der Waals surface area (Å²) in [6.45, 7) is 6.95. The molecule has 1 aromatic carbocycles. The van der Waals surface area contributed by atoms with Gasteiger partial charge in [-0.1, -0.05) is 19.9 Å². The molecule has 1 aromatic rings. The largest absolute Gasteiger partial charge is 0.478 e. The van der Waals surface area contributed by atoms with E-state index >= 15 is 0 Å². The Hall–Kier alpha value is -1.55. The Morgan fingerprint density at radius 2 is 2.20 bits per heavy atom. The Kier molecular flexibility index (Phi) is 4.65. The number of benzene rings is 1. The van der Waals surface area contributed by atoms with Crippen molar-refractivity contribution in [1.82, 2.24) is 0 Å². The van der Waals surface area contributed by atoms with Crippen LogP contribution in [0.3, 0.4) is 0 Å². The van der Waals surface area contributed by atoms with Crippen molar-refractivity contribution >= 4 is 11.7 Å². The lowest BCUT2D eigenvalue weighted by Gasteiger charge is -2.33. The molecule has 0 bridgehead atoms. The zero-order valence-corrected chi connectivity index (χ0v) is 12.3. The van der Waals surface area contributed by atoms with E-state index in [2.05, 4.69) is 19.2 Å². The van der Waals surface area contributed by atoms with Gasteiger partial charge in [0.15, 0.2) is 0 Å². The number of nitrogens with one attached hydrogen (secondary N) is 1. The van der Waals surface area contributed by atoms with E-state index in [1.807, 2.05) is 13.0 Å². The molecule has 2 rings (SSSR count). The average Bonchev–Trinajstić information content (AvgIpc) is 2.41. The SMILES string of the molecule is Cc1c(NC2CCOC(C(C)C)C2)cccc1C(=O)O. The summed E-state index contributed by atoms with van der Waals surface area (Å²) in [5.41, 5.74) is 2.08. The molecule has 1 heterocycles. The number of carboxylic acid groups (broad SMARTS) is 1. The van der Waals surface area contributed by atoms with Crippen molar-refractivity contribution in [2.45, 2.75) is 45.8 Å². The maximum Gasteiger partial charge on any atom is 0.336 e. The maximum absolute atomic E-state index is 11.2. The van der Waals surface area contributed by atoms with Gasteiger partial charge in [0.25, 0.3) is 0 Å². The fraction of sp³-hybridized carbons (Fsp3) is 0.562. The third kappa shape index (κ3) is 3.31. The fourth-order valence-corrected chi connectivity index (χ4v) is 2.67. The first-order valence-electron chi connectivity index (χ1n) is 7.20. The summed E-state index contributed by atoms with van der Waals surface area (Å²) in [7, 11) is 0. The summed E-state index contributed by atoms with van der Waals surface area (Å²) in [4.78, 5) is 11.2. The number of carbonyl (C=O) groups is 1. The van der Waals surface area contributed by atoms with E-state index in [4.69, 9.17) is 9.84 Å². The molecule has 2 N–H and O–H groups in total. The van der Waals surface area contributed by atoms with Gasteiger partial charge in [-0.2, -0.15) is 0 Å². The van der Waals surface area contributed by atoms with E-state index in [1.165, 1.54) is 0 Å². The zero-order chi connectivity index (χ0) is 14.7. The summed E-state index contributed by atoms with van der Waals surface area (Å²) in [6.07, 6.45) is 2.21. The quantitative estimate of drug-likeness (QED) is 0.886. The van der Waals surface area contributed by atoms with Crippen LogP contribution in [0.2, 0.25) is 0 Å². The van der Waals surface area contributed by atoms with Gasteiger partial charge in [-0.25, -0.2) is 4.79 Å². The molecule has 4 nitrogen and oxygen atoms in total. The number of hydrogen-bond acceptors (Lipinski definition) is 3. The number of carboxylic acids is 1. The first-order chi connectivity index (χ1) is 9.49. The van der Waals surface area contributed by atoms with Gasteiger partial charge < -0.3 is 15.2 Å². The van der Waals surface area contributed by atoms with E-state index in [0.717, 1.165) is 30.7 Å². The monoisotopic (exact) mass is 277 g/mol. The molecule has 2 unspecified atom stereocenters. The number of ether oxygens (including phenoxy) is 1. The van der Waals surface area contributed by atoms with Crippen molar-refractivity contribution < 1.29 is 14.6 Å². The van der Waals surface area contributed by atoms with E-state index in [9.17, 15) is 4.79 Å². The summed E-state index contributed by atoms with van der Waals surface area (Å²) >= 11 is 0. The molecule has 20 heavy (non-hydrogen) atoms. The van der Waals surface area contributed by atoms with Gasteiger partial charge in [-0.3, -0.25) is 0 Å². The van der Waals surface area contributed by atoms with Crippen molar-refractivity contribution in [2.75, 3.05) is 11.9 Å². The van der Waals surface area contributed by atoms with Crippen LogP contribution in [0.5, 0.6) is 0 Å². The van der Waals surface area contributed by atoms with Gasteiger partial charge in [0.05, 0.1) is 11.7 Å². The van der Waals surface area contributed by atoms with Crippen LogP contribution >= 0.6 is 0 Å². The molecule has 1 aliphatic heterocycles. The summed E-state index contributed by atoms with van der Waals surface area (Å²) in [6, 6.07) is 5.72. The highest BCUT2D eigenvalue weighted by Gasteiger charge is 2.25. The van der Waals surface area contributed by atoms with E-state index in [0.29, 0.717) is 17.5 Å². The molecule has 0 amide bonds. The van der Waals surface area contributed by atoms with E-state index in [1.54, 1.807) is 12.1 Å². The smallest absolute Gasteiger partial charge is 0.336 e. The first kappa shape index (κ1) is 14.9. The highest BCUT2D eigenvalue weighted by Crippen LogP contribution is 2.26. The van der Waals surface area contributed by atoms with E-state index < -0.39 is 5.97 Å². The first-order valence-corrected chi connectivity index (χ1v) is 7.20. The van der Waals surface area contributed by atoms with Crippen molar-refractivity contribution in [1.29, 1.82) is 0 Å². The maximum atomic E-state index is 11.2. The standard InChI is InChI=1S/C16H23NO3/c1-10(2)15-9-12(7-8-20-15)17-14-6-4-5-13(11(14)3)16(18)19/h4-6,10,12,15,17H,7-9H2,1-3H3,(H,18,19). The molecule has 110 valence electrons. The van der Waals surface area contributed by atoms with Crippen LogP contribution in [0, 0.1) is 12.8 Å². The lowest BCUT2D eigenvalue weighted by Crippen LogP contribution is -2.36. The van der Waals surface area contributed by atoms with Crippen LogP contribution in [0.25, 0.3) is 0 Å². The minimum Gasteiger partial charge on any atom is -0.478 e. The normalized spacial score (nSPS) is 22.8. The van der Waals surface area contributed by atoms with Crippen molar-refractivity contribution in [3.63, 3.8) is 0 Å². The van der Waals surface area contributed by atoms with Gasteiger partial charge >= 0.3 is 5.97 Å². The topological polar surface area (TPSA) is 58.6 Å². The van der Waals surface area contributed by atoms with Crippen LogP contribution in [-0.4, -0.2) is 29.8 Å². The number of anilines is 1. The van der Waals surface area contributed by atoms with Crippen LogP contribution < -0.4 is 5.32 Å². The molecular weight excluding hydrogens is 254 g/mol. The highest BCUT2D eigenvalue weighted by atomic mass is 16.5. The minimum atomic E-state index is -0.877. The molecule has 1 saturated heterocycles. The number of rotatable bonds is 4. The number of aromatic carboxylic acids is 1. The Morgan fingerprint density at radius 1 is 1.45 bits per heavy atom. The Labute approximate surface area is 120 Å². The summed E-state index contributed by atoms with van der Waals surface area (Å²) in [5.74, 6) is -0.371. The highest BCUT2D eigenvalue weighted by molar-refractivity contribution is 5.91. The van der Waals surface area contributed by atoms with Crippen LogP contribution in [0.4, 0.5) is 5.69 Å². The van der Waals surface area contributed by atoms with Gasteiger partial charge in [0, 0.05) is 18.3 Å². The number of hydrogen-bond donors (Lipinski definition) is 2. The van der Waals surface area contributed by atoms with Gasteiger partial charge in [0.2, 0.25) is 0 Å². The van der Waals surface area contributed by atoms with Gasteiger partial charge in [-0.05, 0) is 43.4 Å². The van der Waals surface area contributed by atoms with Gasteiger partial charge in [-0.15, -0.1) is 0 Å².